The first-order valence-electron chi connectivity index (χ1n) is 7.09. The maximum absolute atomic E-state index is 11.4. The van der Waals surface area contributed by atoms with Crippen molar-refractivity contribution >= 4 is 0 Å². The highest BCUT2D eigenvalue weighted by molar-refractivity contribution is 5.27. The second-order valence-corrected chi connectivity index (χ2v) is 5.38. The van der Waals surface area contributed by atoms with Crippen LogP contribution in [0.5, 0.6) is 0 Å². The molecule has 2 heterocycles. The number of rotatable bonds is 3. The van der Waals surface area contributed by atoms with Gasteiger partial charge in [0.1, 0.15) is 0 Å². The average molecular weight is 269 g/mol. The molecule has 0 fully saturated rings. The zero-order chi connectivity index (χ0) is 13.9. The molecule has 0 aromatic carbocycles. The Balaban J connectivity index is 1.77. The van der Waals surface area contributed by atoms with Crippen molar-refractivity contribution in [3.05, 3.63) is 63.3 Å². The summed E-state index contributed by atoms with van der Waals surface area (Å²) in [5, 5.41) is 3.59. The van der Waals surface area contributed by atoms with Crippen LogP contribution < -0.4 is 10.9 Å². The number of aromatic amines is 1. The van der Waals surface area contributed by atoms with Gasteiger partial charge in [0.15, 0.2) is 0 Å². The minimum Gasteiger partial charge on any atom is -0.326 e. The lowest BCUT2D eigenvalue weighted by Gasteiger charge is -2.26. The lowest BCUT2D eigenvalue weighted by atomic mass is 9.91. The molecule has 1 unspecified atom stereocenters. The van der Waals surface area contributed by atoms with Crippen molar-refractivity contribution in [2.45, 2.75) is 38.8 Å². The van der Waals surface area contributed by atoms with Gasteiger partial charge in [-0.05, 0) is 48.9 Å². The molecule has 3 rings (SSSR count). The number of hydrogen-bond acceptors (Lipinski definition) is 3. The van der Waals surface area contributed by atoms with E-state index in [1.165, 1.54) is 16.7 Å². The molecule has 0 amide bonds. The number of H-pyrrole nitrogens is 1. The molecule has 1 aliphatic carbocycles. The smallest absolute Gasteiger partial charge is 0.248 e. The van der Waals surface area contributed by atoms with Crippen LogP contribution in [0, 0.1) is 6.92 Å². The van der Waals surface area contributed by atoms with E-state index >= 15 is 0 Å². The highest BCUT2D eigenvalue weighted by Gasteiger charge is 2.20. The maximum Gasteiger partial charge on any atom is 0.248 e. The largest absolute Gasteiger partial charge is 0.326 e. The highest BCUT2D eigenvalue weighted by Crippen LogP contribution is 2.27. The lowest BCUT2D eigenvalue weighted by Crippen LogP contribution is -2.27. The first-order valence-corrected chi connectivity index (χ1v) is 7.09. The van der Waals surface area contributed by atoms with E-state index < -0.39 is 0 Å². The van der Waals surface area contributed by atoms with Gasteiger partial charge in [-0.15, -0.1) is 0 Å². The number of fused-ring (bicyclic) bond motifs is 1. The Morgan fingerprint density at radius 1 is 1.40 bits per heavy atom. The minimum absolute atomic E-state index is 0.00694. The Morgan fingerprint density at radius 2 is 2.30 bits per heavy atom. The van der Waals surface area contributed by atoms with Crippen LogP contribution in [-0.4, -0.2) is 9.97 Å². The van der Waals surface area contributed by atoms with Gasteiger partial charge in [0.25, 0.3) is 0 Å². The molecular weight excluding hydrogens is 250 g/mol. The third kappa shape index (κ3) is 2.65. The summed E-state index contributed by atoms with van der Waals surface area (Å²) in [6, 6.07) is 5.92. The third-order valence-corrected chi connectivity index (χ3v) is 4.02. The number of nitrogens with zero attached hydrogens (tertiary/aromatic N) is 1. The summed E-state index contributed by atoms with van der Waals surface area (Å²) in [7, 11) is 0. The number of nitrogens with one attached hydrogen (secondary N) is 2. The van der Waals surface area contributed by atoms with Crippen molar-refractivity contribution in [1.82, 2.24) is 15.3 Å². The molecule has 0 saturated carbocycles. The first kappa shape index (κ1) is 13.1. The van der Waals surface area contributed by atoms with E-state index in [0.717, 1.165) is 31.5 Å². The second kappa shape index (κ2) is 5.59. The molecule has 104 valence electrons. The Hall–Kier alpha value is -1.94. The lowest BCUT2D eigenvalue weighted by molar-refractivity contribution is 0.452. The van der Waals surface area contributed by atoms with Crippen molar-refractivity contribution in [3.63, 3.8) is 0 Å². The summed E-state index contributed by atoms with van der Waals surface area (Å²) in [5.41, 5.74) is 4.79. The minimum atomic E-state index is -0.00694. The first-order chi connectivity index (χ1) is 9.74. The van der Waals surface area contributed by atoms with Crippen molar-refractivity contribution in [1.29, 1.82) is 0 Å². The number of aromatic nitrogens is 2. The maximum atomic E-state index is 11.4. The van der Waals surface area contributed by atoms with E-state index in [0.29, 0.717) is 6.04 Å². The van der Waals surface area contributed by atoms with Crippen molar-refractivity contribution in [2.24, 2.45) is 0 Å². The van der Waals surface area contributed by atoms with Crippen molar-refractivity contribution in [3.8, 4) is 0 Å². The zero-order valence-electron chi connectivity index (χ0n) is 11.6. The van der Waals surface area contributed by atoms with Gasteiger partial charge in [-0.2, -0.15) is 0 Å². The molecule has 0 aliphatic heterocycles. The van der Waals surface area contributed by atoms with Crippen LogP contribution in [0.2, 0.25) is 0 Å². The molecule has 0 spiro atoms. The van der Waals surface area contributed by atoms with Gasteiger partial charge in [0.05, 0.1) is 0 Å². The summed E-state index contributed by atoms with van der Waals surface area (Å²) in [5.74, 6) is 0. The van der Waals surface area contributed by atoms with Crippen LogP contribution in [0.15, 0.2) is 35.4 Å². The Kier molecular flexibility index (Phi) is 3.65. The summed E-state index contributed by atoms with van der Waals surface area (Å²) in [6.45, 7) is 2.91. The molecule has 2 aromatic rings. The predicted octanol–water partition coefficient (Wildman–Crippen LogP) is 2.25. The standard InChI is InChI=1S/C16H19N3O/c1-11-7-8-17-9-12(11)10-18-14-3-2-4-15-13(14)5-6-16(20)19-15/h5-9,14,18H,2-4,10H2,1H3,(H,19,20). The van der Waals surface area contributed by atoms with Gasteiger partial charge >= 0.3 is 0 Å². The summed E-state index contributed by atoms with van der Waals surface area (Å²) in [4.78, 5) is 18.5. The topological polar surface area (TPSA) is 57.8 Å². The Morgan fingerprint density at radius 3 is 3.15 bits per heavy atom. The van der Waals surface area contributed by atoms with Gasteiger partial charge in [-0.1, -0.05) is 6.07 Å². The molecule has 4 nitrogen and oxygen atoms in total. The Bertz CT molecular complexity index is 663. The fraction of sp³-hybridized carbons (Fsp3) is 0.375. The van der Waals surface area contributed by atoms with Crippen LogP contribution in [0.3, 0.4) is 0 Å². The second-order valence-electron chi connectivity index (χ2n) is 5.38. The fourth-order valence-electron chi connectivity index (χ4n) is 2.83. The number of aryl methyl sites for hydroxylation is 2. The molecule has 0 bridgehead atoms. The SMILES string of the molecule is Cc1ccncc1CNC1CCCc2[nH]c(=O)ccc21. The van der Waals surface area contributed by atoms with Gasteiger partial charge < -0.3 is 10.3 Å². The molecule has 4 heteroatoms. The quantitative estimate of drug-likeness (QED) is 0.898. The average Bonchev–Trinajstić information content (AvgIpc) is 2.46. The molecule has 2 N–H and O–H groups in total. The molecule has 1 atom stereocenters. The van der Waals surface area contributed by atoms with Crippen LogP contribution >= 0.6 is 0 Å². The van der Waals surface area contributed by atoms with Crippen LogP contribution in [0.1, 0.15) is 41.3 Å². The summed E-state index contributed by atoms with van der Waals surface area (Å²) < 4.78 is 0. The van der Waals surface area contributed by atoms with E-state index in [2.05, 4.69) is 22.2 Å². The van der Waals surface area contributed by atoms with E-state index in [1.54, 1.807) is 6.07 Å². The van der Waals surface area contributed by atoms with Crippen molar-refractivity contribution in [2.75, 3.05) is 0 Å². The van der Waals surface area contributed by atoms with E-state index in [9.17, 15) is 4.79 Å². The predicted molar refractivity (Wildman–Crippen MR) is 78.6 cm³/mol. The van der Waals surface area contributed by atoms with Crippen LogP contribution in [0.25, 0.3) is 0 Å². The number of pyridine rings is 2. The van der Waals surface area contributed by atoms with Gasteiger partial charge in [-0.3, -0.25) is 9.78 Å². The zero-order valence-corrected chi connectivity index (χ0v) is 11.6. The van der Waals surface area contributed by atoms with E-state index in [1.807, 2.05) is 24.5 Å². The fourth-order valence-corrected chi connectivity index (χ4v) is 2.83. The third-order valence-electron chi connectivity index (χ3n) is 4.02. The monoisotopic (exact) mass is 269 g/mol. The van der Waals surface area contributed by atoms with Crippen LogP contribution in [-0.2, 0) is 13.0 Å². The normalized spacial score (nSPS) is 17.8. The summed E-state index contributed by atoms with van der Waals surface area (Å²) >= 11 is 0. The number of hydrogen-bond donors (Lipinski definition) is 2. The molecule has 20 heavy (non-hydrogen) atoms. The van der Waals surface area contributed by atoms with Crippen molar-refractivity contribution < 1.29 is 0 Å². The molecule has 0 saturated heterocycles. The van der Waals surface area contributed by atoms with Gasteiger partial charge in [0.2, 0.25) is 5.56 Å². The Labute approximate surface area is 118 Å². The van der Waals surface area contributed by atoms with Gasteiger partial charge in [-0.25, -0.2) is 0 Å². The van der Waals surface area contributed by atoms with E-state index in [-0.39, 0.29) is 5.56 Å². The molecule has 2 aromatic heterocycles. The van der Waals surface area contributed by atoms with Crippen LogP contribution in [0.4, 0.5) is 0 Å². The molecule has 0 radical (unpaired) electrons. The van der Waals surface area contributed by atoms with Gasteiger partial charge in [0, 0.05) is 36.7 Å². The highest BCUT2D eigenvalue weighted by atomic mass is 16.1. The molecule has 1 aliphatic rings. The van der Waals surface area contributed by atoms with E-state index in [4.69, 9.17) is 0 Å². The molecular formula is C16H19N3O. The summed E-state index contributed by atoms with van der Waals surface area (Å²) in [6.07, 6.45) is 6.92.